The molecule has 0 amide bonds. The Balaban J connectivity index is 1.99. The van der Waals surface area contributed by atoms with Crippen molar-refractivity contribution in [3.8, 4) is 0 Å². The highest BCUT2D eigenvalue weighted by atomic mass is 32.2. The maximum absolute atomic E-state index is 12.9. The molecule has 1 aromatic heterocycles. The van der Waals surface area contributed by atoms with Crippen LogP contribution in [0.3, 0.4) is 0 Å². The Bertz CT molecular complexity index is 715. The molecule has 2 aromatic rings. The molecule has 122 valence electrons. The summed E-state index contributed by atoms with van der Waals surface area (Å²) in [5, 5.41) is 10.7. The van der Waals surface area contributed by atoms with Gasteiger partial charge in [-0.1, -0.05) is 6.08 Å². The summed E-state index contributed by atoms with van der Waals surface area (Å²) in [7, 11) is 0. The van der Waals surface area contributed by atoms with Gasteiger partial charge in [0, 0.05) is 23.8 Å². The number of halogens is 3. The lowest BCUT2D eigenvalue weighted by molar-refractivity contribution is -0.137. The summed E-state index contributed by atoms with van der Waals surface area (Å²) in [5.41, 5.74) is -0.417. The average Bonchev–Trinajstić information content (AvgIpc) is 3.06. The lowest BCUT2D eigenvalue weighted by atomic mass is 9.91. The molecule has 0 aliphatic carbocycles. The van der Waals surface area contributed by atoms with Crippen LogP contribution >= 0.6 is 11.8 Å². The van der Waals surface area contributed by atoms with Gasteiger partial charge in [-0.05, 0) is 30.2 Å². The van der Waals surface area contributed by atoms with Gasteiger partial charge in [-0.2, -0.15) is 13.2 Å². The standard InChI is InChI=1S/C16H15F3N2OS/c1-2-5-15(9-21-7-6-20-10-21)14(22)12-8-11(16(17,18)19)3-4-13(12)23-15/h2-4,6-8,10,14,22H,1,5,9H2/t14-,15-/m0/s1. The van der Waals surface area contributed by atoms with Crippen LogP contribution < -0.4 is 0 Å². The third-order valence-corrected chi connectivity index (χ3v) is 5.46. The number of imidazole rings is 1. The molecule has 0 radical (unpaired) electrons. The molecule has 1 N–H and O–H groups in total. The van der Waals surface area contributed by atoms with E-state index in [1.807, 2.05) is 4.57 Å². The second-order valence-electron chi connectivity index (χ2n) is 5.55. The second kappa shape index (κ2) is 5.72. The van der Waals surface area contributed by atoms with Crippen molar-refractivity contribution in [3.05, 3.63) is 60.7 Å². The highest BCUT2D eigenvalue weighted by Crippen LogP contribution is 2.55. The smallest absolute Gasteiger partial charge is 0.387 e. The van der Waals surface area contributed by atoms with Crippen LogP contribution in [0.4, 0.5) is 13.2 Å². The van der Waals surface area contributed by atoms with E-state index >= 15 is 0 Å². The molecule has 3 rings (SSSR count). The molecule has 3 nitrogen and oxygen atoms in total. The largest absolute Gasteiger partial charge is 0.416 e. The summed E-state index contributed by atoms with van der Waals surface area (Å²) in [4.78, 5) is 4.65. The quantitative estimate of drug-likeness (QED) is 0.853. The first-order valence-electron chi connectivity index (χ1n) is 7.00. The van der Waals surface area contributed by atoms with Crippen molar-refractivity contribution in [2.24, 2.45) is 0 Å². The van der Waals surface area contributed by atoms with Crippen LogP contribution in [0, 0.1) is 0 Å². The topological polar surface area (TPSA) is 38.0 Å². The Hall–Kier alpha value is -1.73. The first kappa shape index (κ1) is 16.1. The molecule has 1 aromatic carbocycles. The van der Waals surface area contributed by atoms with Gasteiger partial charge in [0.25, 0.3) is 0 Å². The number of hydrogen-bond acceptors (Lipinski definition) is 3. The Kier molecular flexibility index (Phi) is 4.01. The zero-order valence-corrected chi connectivity index (χ0v) is 12.9. The molecular formula is C16H15F3N2OS. The Morgan fingerprint density at radius 3 is 2.83 bits per heavy atom. The van der Waals surface area contributed by atoms with Crippen molar-refractivity contribution in [2.75, 3.05) is 0 Å². The molecule has 2 atom stereocenters. The molecule has 2 heterocycles. The number of thioether (sulfide) groups is 1. The van der Waals surface area contributed by atoms with E-state index in [0.29, 0.717) is 23.4 Å². The molecule has 0 bridgehead atoms. The predicted molar refractivity (Wildman–Crippen MR) is 82.0 cm³/mol. The summed E-state index contributed by atoms with van der Waals surface area (Å²) in [6.07, 6.45) is 1.74. The van der Waals surface area contributed by atoms with E-state index in [9.17, 15) is 18.3 Å². The van der Waals surface area contributed by atoms with Crippen molar-refractivity contribution >= 4 is 11.8 Å². The second-order valence-corrected chi connectivity index (χ2v) is 7.00. The van der Waals surface area contributed by atoms with E-state index in [1.54, 1.807) is 24.8 Å². The fourth-order valence-corrected chi connectivity index (χ4v) is 4.38. The van der Waals surface area contributed by atoms with Gasteiger partial charge in [0.2, 0.25) is 0 Å². The first-order chi connectivity index (χ1) is 10.9. The van der Waals surface area contributed by atoms with Crippen molar-refractivity contribution < 1.29 is 18.3 Å². The molecule has 0 saturated heterocycles. The number of fused-ring (bicyclic) bond motifs is 1. The number of rotatable bonds is 4. The van der Waals surface area contributed by atoms with Gasteiger partial charge in [-0.3, -0.25) is 0 Å². The van der Waals surface area contributed by atoms with Crippen LogP contribution in [0.15, 0.2) is 54.5 Å². The molecular weight excluding hydrogens is 325 g/mol. The third kappa shape index (κ3) is 2.90. The number of alkyl halides is 3. The van der Waals surface area contributed by atoms with Gasteiger partial charge in [-0.15, -0.1) is 18.3 Å². The van der Waals surface area contributed by atoms with Gasteiger partial charge >= 0.3 is 6.18 Å². The Morgan fingerprint density at radius 1 is 1.43 bits per heavy atom. The highest BCUT2D eigenvalue weighted by molar-refractivity contribution is 8.01. The SMILES string of the molecule is C=CC[C@@]1(Cn2ccnc2)Sc2ccc(C(F)(F)F)cc2[C@@H]1O. The third-order valence-electron chi connectivity index (χ3n) is 3.94. The number of allylic oxidation sites excluding steroid dienone is 1. The average molecular weight is 340 g/mol. The van der Waals surface area contributed by atoms with Gasteiger partial charge in [0.05, 0.1) is 22.7 Å². The minimum absolute atomic E-state index is 0.326. The normalized spacial score (nSPS) is 23.7. The van der Waals surface area contributed by atoms with E-state index in [2.05, 4.69) is 11.6 Å². The van der Waals surface area contributed by atoms with Gasteiger partial charge in [-0.25, -0.2) is 4.98 Å². The molecule has 0 saturated carbocycles. The number of aromatic nitrogens is 2. The van der Waals surface area contributed by atoms with Crippen LogP contribution in [0.25, 0.3) is 0 Å². The number of hydrogen-bond donors (Lipinski definition) is 1. The van der Waals surface area contributed by atoms with E-state index in [4.69, 9.17) is 0 Å². The minimum atomic E-state index is -4.42. The molecule has 1 aliphatic rings. The van der Waals surface area contributed by atoms with Crippen molar-refractivity contribution in [2.45, 2.75) is 34.9 Å². The zero-order chi connectivity index (χ0) is 16.7. The maximum atomic E-state index is 12.9. The number of aliphatic hydroxyl groups is 1. The van der Waals surface area contributed by atoms with Crippen molar-refractivity contribution in [3.63, 3.8) is 0 Å². The summed E-state index contributed by atoms with van der Waals surface area (Å²) in [6, 6.07) is 3.54. The van der Waals surface area contributed by atoms with Gasteiger partial charge < -0.3 is 9.67 Å². The van der Waals surface area contributed by atoms with Crippen LogP contribution in [0.1, 0.15) is 23.7 Å². The minimum Gasteiger partial charge on any atom is -0.387 e. The zero-order valence-electron chi connectivity index (χ0n) is 12.1. The fraction of sp³-hybridized carbons (Fsp3) is 0.312. The van der Waals surface area contributed by atoms with E-state index < -0.39 is 22.6 Å². The lowest BCUT2D eigenvalue weighted by Gasteiger charge is -2.31. The fourth-order valence-electron chi connectivity index (χ4n) is 2.86. The van der Waals surface area contributed by atoms with Crippen molar-refractivity contribution in [1.82, 2.24) is 9.55 Å². The van der Waals surface area contributed by atoms with E-state index in [0.717, 1.165) is 12.1 Å². The maximum Gasteiger partial charge on any atom is 0.416 e. The van der Waals surface area contributed by atoms with Crippen LogP contribution in [0.2, 0.25) is 0 Å². The lowest BCUT2D eigenvalue weighted by Crippen LogP contribution is -2.33. The van der Waals surface area contributed by atoms with Crippen LogP contribution in [-0.4, -0.2) is 19.4 Å². The van der Waals surface area contributed by atoms with Gasteiger partial charge in [0.1, 0.15) is 0 Å². The molecule has 0 unspecified atom stereocenters. The first-order valence-corrected chi connectivity index (χ1v) is 7.82. The number of nitrogens with zero attached hydrogens (tertiary/aromatic N) is 2. The van der Waals surface area contributed by atoms with E-state index in [-0.39, 0.29) is 0 Å². The summed E-state index contributed by atoms with van der Waals surface area (Å²) < 4.78 is 39.9. The number of aliphatic hydroxyl groups excluding tert-OH is 1. The van der Waals surface area contributed by atoms with Crippen LogP contribution in [-0.2, 0) is 12.7 Å². The molecule has 7 heteroatoms. The van der Waals surface area contributed by atoms with Gasteiger partial charge in [0.15, 0.2) is 0 Å². The number of benzene rings is 1. The molecule has 0 spiro atoms. The monoisotopic (exact) mass is 340 g/mol. The highest BCUT2D eigenvalue weighted by Gasteiger charge is 2.47. The molecule has 0 fully saturated rings. The predicted octanol–water partition coefficient (Wildman–Crippen LogP) is 4.06. The summed E-state index contributed by atoms with van der Waals surface area (Å²) in [6.45, 7) is 4.15. The summed E-state index contributed by atoms with van der Waals surface area (Å²) in [5.74, 6) is 0. The molecule has 1 aliphatic heterocycles. The Labute approximate surface area is 135 Å². The van der Waals surface area contributed by atoms with E-state index in [1.165, 1.54) is 17.8 Å². The molecule has 23 heavy (non-hydrogen) atoms. The van der Waals surface area contributed by atoms with Crippen LogP contribution in [0.5, 0.6) is 0 Å². The Morgan fingerprint density at radius 2 is 2.22 bits per heavy atom. The summed E-state index contributed by atoms with van der Waals surface area (Å²) >= 11 is 1.40. The van der Waals surface area contributed by atoms with Crippen molar-refractivity contribution in [1.29, 1.82) is 0 Å².